The van der Waals surface area contributed by atoms with Crippen LogP contribution in [-0.4, -0.2) is 47.9 Å². The molecule has 6 aromatic rings. The van der Waals surface area contributed by atoms with E-state index < -0.39 is 9.49 Å². The van der Waals surface area contributed by atoms with Gasteiger partial charge in [-0.1, -0.05) is 208 Å². The second-order valence-corrected chi connectivity index (χ2v) is 16.8. The zero-order chi connectivity index (χ0) is 39.6. The molecule has 57 heavy (non-hydrogen) atoms. The van der Waals surface area contributed by atoms with Crippen molar-refractivity contribution in [1.82, 2.24) is 10.2 Å². The molecule has 0 saturated heterocycles. The van der Waals surface area contributed by atoms with Crippen molar-refractivity contribution in [1.29, 1.82) is 0 Å². The summed E-state index contributed by atoms with van der Waals surface area (Å²) in [5.41, 5.74) is 7.10. The van der Waals surface area contributed by atoms with Gasteiger partial charge in [0.05, 0.1) is 16.0 Å². The molecule has 4 nitrogen and oxygen atoms in total. The van der Waals surface area contributed by atoms with Gasteiger partial charge in [0.25, 0.3) is 0 Å². The smallest absolute Gasteiger partial charge is 0.239 e. The highest BCUT2D eigenvalue weighted by Crippen LogP contribution is 2.49. The third-order valence-electron chi connectivity index (χ3n) is 10.4. The second-order valence-electron chi connectivity index (χ2n) is 14.2. The molecule has 1 N–H and O–H groups in total. The van der Waals surface area contributed by atoms with E-state index in [0.717, 1.165) is 25.7 Å². The predicted octanol–water partition coefficient (Wildman–Crippen LogP) is 11.4. The molecule has 0 unspecified atom stereocenters. The minimum Gasteiger partial charge on any atom is -0.354 e. The molecule has 0 heterocycles. The van der Waals surface area contributed by atoms with Gasteiger partial charge in [-0.25, -0.2) is 0 Å². The van der Waals surface area contributed by atoms with Crippen molar-refractivity contribution in [3.05, 3.63) is 215 Å². The predicted molar refractivity (Wildman–Crippen MR) is 242 cm³/mol. The maximum Gasteiger partial charge on any atom is 0.239 e. The number of unbranched alkanes of at least 4 members (excludes halogenated alkanes) is 3. The lowest BCUT2D eigenvalue weighted by Crippen LogP contribution is -2.43. The largest absolute Gasteiger partial charge is 0.354 e. The van der Waals surface area contributed by atoms with Crippen LogP contribution >= 0.6 is 23.5 Å². The van der Waals surface area contributed by atoms with Crippen LogP contribution in [0.1, 0.15) is 72.4 Å². The van der Waals surface area contributed by atoms with E-state index in [-0.39, 0.29) is 18.4 Å². The summed E-state index contributed by atoms with van der Waals surface area (Å²) in [5, 5.41) is 3.20. The fourth-order valence-corrected chi connectivity index (χ4v) is 10.6. The Morgan fingerprint density at radius 3 is 1.19 bits per heavy atom. The zero-order valence-corrected chi connectivity index (χ0v) is 34.6. The zero-order valence-electron chi connectivity index (χ0n) is 33.0. The van der Waals surface area contributed by atoms with Crippen molar-refractivity contribution >= 4 is 35.3 Å². The van der Waals surface area contributed by atoms with Gasteiger partial charge in [0.15, 0.2) is 0 Å². The van der Waals surface area contributed by atoms with Crippen LogP contribution in [0.2, 0.25) is 0 Å². The first kappa shape index (κ1) is 41.6. The van der Waals surface area contributed by atoms with Crippen LogP contribution in [0.4, 0.5) is 0 Å². The molecule has 292 valence electrons. The van der Waals surface area contributed by atoms with E-state index in [1.807, 2.05) is 23.5 Å². The molecule has 2 amide bonds. The average Bonchev–Trinajstić information content (AvgIpc) is 3.28. The molecule has 0 bridgehead atoms. The van der Waals surface area contributed by atoms with Gasteiger partial charge < -0.3 is 10.2 Å². The Labute approximate surface area is 348 Å². The first-order chi connectivity index (χ1) is 28.1. The first-order valence-corrected chi connectivity index (χ1v) is 22.2. The Balaban J connectivity index is 1.19. The molecule has 0 spiro atoms. The third-order valence-corrected chi connectivity index (χ3v) is 13.5. The molecule has 0 aliphatic carbocycles. The maximum absolute atomic E-state index is 13.9. The number of nitrogens with one attached hydrogen (secondary N) is 1. The lowest BCUT2D eigenvalue weighted by Gasteiger charge is -2.36. The van der Waals surface area contributed by atoms with E-state index in [9.17, 15) is 9.59 Å². The minimum absolute atomic E-state index is 0.0358. The van der Waals surface area contributed by atoms with Gasteiger partial charge in [0, 0.05) is 31.0 Å². The standard InChI is InChI=1S/C51H54N2O2S2/c1-2-3-4-23-36-49(55)53(38-40-57-51(45-30-17-8-18-31-45,46-32-19-9-20-33-46)47-34-21-10-22-35-47)41-48(54)52-37-39-56-50(42-24-11-5-12-25-42,43-26-13-6-14-27-43)44-28-15-7-16-29-44/h5-22,24-35H,2-4,23,36-41H2,1H3,(H,52,54). The molecule has 0 radical (unpaired) electrons. The molecular formula is C51H54N2O2S2. The quantitative estimate of drug-likeness (QED) is 0.0583. The van der Waals surface area contributed by atoms with E-state index in [0.29, 0.717) is 31.0 Å². The second kappa shape index (κ2) is 21.5. The number of carbonyl (C=O) groups excluding carboxylic acids is 2. The van der Waals surface area contributed by atoms with Crippen LogP contribution in [-0.2, 0) is 19.1 Å². The summed E-state index contributed by atoms with van der Waals surface area (Å²) in [4.78, 5) is 29.4. The number of amides is 2. The minimum atomic E-state index is -0.498. The van der Waals surface area contributed by atoms with Gasteiger partial charge in [-0.05, 0) is 39.8 Å². The normalized spacial score (nSPS) is 11.5. The molecule has 0 fully saturated rings. The summed E-state index contributed by atoms with van der Waals surface area (Å²) in [5.74, 6) is 1.24. The molecule has 0 aliphatic heterocycles. The molecule has 0 atom stereocenters. The Morgan fingerprint density at radius 2 is 0.842 bits per heavy atom. The first-order valence-electron chi connectivity index (χ1n) is 20.2. The van der Waals surface area contributed by atoms with Crippen molar-refractivity contribution in [2.45, 2.75) is 48.5 Å². The fourth-order valence-electron chi connectivity index (χ4n) is 7.62. The fraction of sp³-hybridized carbons (Fsp3) is 0.255. The van der Waals surface area contributed by atoms with Gasteiger partial charge >= 0.3 is 0 Å². The maximum atomic E-state index is 13.9. The summed E-state index contributed by atoms with van der Waals surface area (Å²) in [6.07, 6.45) is 4.50. The summed E-state index contributed by atoms with van der Waals surface area (Å²) >= 11 is 3.64. The summed E-state index contributed by atoms with van der Waals surface area (Å²) in [6.45, 7) is 3.15. The monoisotopic (exact) mass is 790 g/mol. The topological polar surface area (TPSA) is 49.4 Å². The van der Waals surface area contributed by atoms with Crippen LogP contribution in [0.15, 0.2) is 182 Å². The van der Waals surface area contributed by atoms with E-state index in [4.69, 9.17) is 0 Å². The van der Waals surface area contributed by atoms with Gasteiger partial charge in [-0.3, -0.25) is 9.59 Å². The highest BCUT2D eigenvalue weighted by Gasteiger charge is 2.38. The van der Waals surface area contributed by atoms with Crippen molar-refractivity contribution in [2.24, 2.45) is 0 Å². The van der Waals surface area contributed by atoms with Gasteiger partial charge in [0.2, 0.25) is 11.8 Å². The van der Waals surface area contributed by atoms with Crippen LogP contribution < -0.4 is 5.32 Å². The van der Waals surface area contributed by atoms with E-state index >= 15 is 0 Å². The molecule has 0 saturated carbocycles. The molecule has 6 heteroatoms. The number of thioether (sulfide) groups is 2. The van der Waals surface area contributed by atoms with Crippen molar-refractivity contribution < 1.29 is 9.59 Å². The SMILES string of the molecule is CCCCCCC(=O)N(CCSC(c1ccccc1)(c1ccccc1)c1ccccc1)CC(=O)NCCSC(c1ccccc1)(c1ccccc1)c1ccccc1. The summed E-state index contributed by atoms with van der Waals surface area (Å²) < 4.78 is -0.961. The molecule has 0 aliphatic rings. The van der Waals surface area contributed by atoms with E-state index in [2.05, 4.69) is 194 Å². The lowest BCUT2D eigenvalue weighted by atomic mass is 9.84. The number of benzene rings is 6. The lowest BCUT2D eigenvalue weighted by molar-refractivity contribution is -0.135. The highest BCUT2D eigenvalue weighted by molar-refractivity contribution is 8.00. The Bertz CT molecular complexity index is 1870. The molecular weight excluding hydrogens is 737 g/mol. The number of hydrogen-bond donors (Lipinski definition) is 1. The van der Waals surface area contributed by atoms with Crippen LogP contribution in [0.5, 0.6) is 0 Å². The number of hydrogen-bond acceptors (Lipinski definition) is 4. The number of nitrogens with zero attached hydrogens (tertiary/aromatic N) is 1. The Morgan fingerprint density at radius 1 is 0.491 bits per heavy atom. The van der Waals surface area contributed by atoms with Gasteiger partial charge in [0.1, 0.15) is 0 Å². The van der Waals surface area contributed by atoms with Crippen LogP contribution in [0, 0.1) is 0 Å². The van der Waals surface area contributed by atoms with Gasteiger partial charge in [-0.2, -0.15) is 0 Å². The van der Waals surface area contributed by atoms with E-state index in [1.165, 1.54) is 33.4 Å². The van der Waals surface area contributed by atoms with Crippen LogP contribution in [0.25, 0.3) is 0 Å². The Kier molecular flexibility index (Phi) is 15.7. The van der Waals surface area contributed by atoms with Crippen molar-refractivity contribution in [3.8, 4) is 0 Å². The number of carbonyl (C=O) groups is 2. The van der Waals surface area contributed by atoms with E-state index in [1.54, 1.807) is 4.90 Å². The summed E-state index contributed by atoms with van der Waals surface area (Å²) in [6, 6.07) is 63.7. The summed E-state index contributed by atoms with van der Waals surface area (Å²) in [7, 11) is 0. The van der Waals surface area contributed by atoms with Gasteiger partial charge in [-0.15, -0.1) is 23.5 Å². The third kappa shape index (κ3) is 10.5. The molecule has 6 rings (SSSR count). The molecule has 6 aromatic carbocycles. The highest BCUT2D eigenvalue weighted by atomic mass is 32.2. The van der Waals surface area contributed by atoms with Crippen LogP contribution in [0.3, 0.4) is 0 Å². The average molecular weight is 791 g/mol. The van der Waals surface area contributed by atoms with Crippen molar-refractivity contribution in [3.63, 3.8) is 0 Å². The number of rotatable bonds is 21. The molecule has 0 aromatic heterocycles. The van der Waals surface area contributed by atoms with Crippen molar-refractivity contribution in [2.75, 3.05) is 31.1 Å². The Hall–Kier alpha value is -5.04.